The van der Waals surface area contributed by atoms with Gasteiger partial charge >= 0.3 is 17.9 Å². The zero-order valence-corrected chi connectivity index (χ0v) is 38.1. The van der Waals surface area contributed by atoms with Crippen molar-refractivity contribution in [1.29, 1.82) is 0 Å². The number of rotatable bonds is 45. The predicted octanol–water partition coefficient (Wildman–Crippen LogP) is 15.9. The summed E-state index contributed by atoms with van der Waals surface area (Å²) in [6, 6.07) is 0. The van der Waals surface area contributed by atoms with E-state index < -0.39 is 6.10 Å². The van der Waals surface area contributed by atoms with Gasteiger partial charge in [-0.2, -0.15) is 0 Å². The summed E-state index contributed by atoms with van der Waals surface area (Å²) >= 11 is 0. The highest BCUT2D eigenvalue weighted by Crippen LogP contribution is 2.17. The van der Waals surface area contributed by atoms with Gasteiger partial charge in [0.05, 0.1) is 0 Å². The Bertz CT molecular complexity index is 843. The molecule has 2 atom stereocenters. The van der Waals surface area contributed by atoms with E-state index in [9.17, 15) is 14.4 Å². The van der Waals surface area contributed by atoms with Crippen molar-refractivity contribution in [3.8, 4) is 0 Å². The maximum absolute atomic E-state index is 12.7. The van der Waals surface area contributed by atoms with Gasteiger partial charge in [0.25, 0.3) is 0 Å². The Kier molecular flexibility index (Phi) is 43.2. The summed E-state index contributed by atoms with van der Waals surface area (Å²) in [5.74, 6) is 0.0343. The molecule has 0 saturated heterocycles. The fourth-order valence-corrected chi connectivity index (χ4v) is 7.48. The molecule has 0 fully saturated rings. The minimum absolute atomic E-state index is 0.0640. The minimum atomic E-state index is -0.758. The second-order valence-electron chi connectivity index (χ2n) is 17.3. The summed E-state index contributed by atoms with van der Waals surface area (Å²) in [5, 5.41) is 0. The van der Waals surface area contributed by atoms with E-state index >= 15 is 0 Å². The molecule has 332 valence electrons. The van der Waals surface area contributed by atoms with Crippen molar-refractivity contribution < 1.29 is 28.6 Å². The molecule has 6 nitrogen and oxygen atoms in total. The molecular formula is C50H96O6. The molecule has 0 aromatic carbocycles. The van der Waals surface area contributed by atoms with Crippen LogP contribution in [0.25, 0.3) is 0 Å². The zero-order valence-electron chi connectivity index (χ0n) is 38.1. The summed E-state index contributed by atoms with van der Waals surface area (Å²) in [5.41, 5.74) is 0. The Balaban J connectivity index is 4.12. The zero-order chi connectivity index (χ0) is 41.0. The van der Waals surface area contributed by atoms with Gasteiger partial charge in [-0.15, -0.1) is 0 Å². The SMILES string of the molecule is CCCCCCCCCCCCCCCCCC(=O)O[C@@H](COC(=O)CCCCCCC)COC(=O)CCCCCCCCCCCCCCCCC(C)CC. The quantitative estimate of drug-likeness (QED) is 0.0347. The molecule has 0 heterocycles. The number of hydrogen-bond acceptors (Lipinski definition) is 6. The maximum Gasteiger partial charge on any atom is 0.306 e. The van der Waals surface area contributed by atoms with Crippen molar-refractivity contribution in [1.82, 2.24) is 0 Å². The molecule has 0 radical (unpaired) electrons. The van der Waals surface area contributed by atoms with Crippen LogP contribution in [0.3, 0.4) is 0 Å². The van der Waals surface area contributed by atoms with E-state index in [4.69, 9.17) is 14.2 Å². The predicted molar refractivity (Wildman–Crippen MR) is 238 cm³/mol. The normalized spacial score (nSPS) is 12.4. The van der Waals surface area contributed by atoms with Gasteiger partial charge in [0.1, 0.15) is 13.2 Å². The van der Waals surface area contributed by atoms with Crippen molar-refractivity contribution in [2.45, 2.75) is 284 Å². The molecule has 0 aliphatic heterocycles. The van der Waals surface area contributed by atoms with E-state index in [0.29, 0.717) is 19.3 Å². The molecule has 0 aliphatic rings. The van der Waals surface area contributed by atoms with Gasteiger partial charge in [0.15, 0.2) is 6.10 Å². The fourth-order valence-electron chi connectivity index (χ4n) is 7.48. The van der Waals surface area contributed by atoms with Gasteiger partial charge in [0, 0.05) is 19.3 Å². The van der Waals surface area contributed by atoms with E-state index in [2.05, 4.69) is 27.7 Å². The third-order valence-electron chi connectivity index (χ3n) is 11.7. The van der Waals surface area contributed by atoms with Crippen molar-refractivity contribution in [2.75, 3.05) is 13.2 Å². The van der Waals surface area contributed by atoms with Crippen LogP contribution >= 0.6 is 0 Å². The highest BCUT2D eigenvalue weighted by atomic mass is 16.6. The molecule has 0 amide bonds. The third kappa shape index (κ3) is 42.0. The van der Waals surface area contributed by atoms with Gasteiger partial charge in [-0.3, -0.25) is 14.4 Å². The average Bonchev–Trinajstić information content (AvgIpc) is 3.19. The molecule has 6 heteroatoms. The van der Waals surface area contributed by atoms with Crippen LogP contribution in [-0.4, -0.2) is 37.2 Å². The second-order valence-corrected chi connectivity index (χ2v) is 17.3. The van der Waals surface area contributed by atoms with Gasteiger partial charge in [-0.25, -0.2) is 0 Å². The minimum Gasteiger partial charge on any atom is -0.462 e. The Labute approximate surface area is 348 Å². The number of carbonyl (C=O) groups excluding carboxylic acids is 3. The molecule has 0 bridgehead atoms. The molecule has 0 rings (SSSR count). The lowest BCUT2D eigenvalue weighted by Crippen LogP contribution is -2.30. The largest absolute Gasteiger partial charge is 0.462 e. The van der Waals surface area contributed by atoms with Crippen LogP contribution in [-0.2, 0) is 28.6 Å². The highest BCUT2D eigenvalue weighted by Gasteiger charge is 2.19. The molecule has 0 saturated carbocycles. The first-order chi connectivity index (χ1) is 27.4. The van der Waals surface area contributed by atoms with Crippen LogP contribution in [0.15, 0.2) is 0 Å². The molecule has 0 aromatic rings. The van der Waals surface area contributed by atoms with E-state index in [1.807, 2.05) is 0 Å². The summed E-state index contributed by atoms with van der Waals surface area (Å²) < 4.78 is 16.7. The second kappa shape index (κ2) is 44.5. The lowest BCUT2D eigenvalue weighted by Gasteiger charge is -2.18. The third-order valence-corrected chi connectivity index (χ3v) is 11.7. The smallest absolute Gasteiger partial charge is 0.306 e. The fraction of sp³-hybridized carbons (Fsp3) is 0.940. The molecule has 0 aromatic heterocycles. The maximum atomic E-state index is 12.7. The van der Waals surface area contributed by atoms with E-state index in [1.54, 1.807) is 0 Å². The molecule has 56 heavy (non-hydrogen) atoms. The molecule has 0 spiro atoms. The van der Waals surface area contributed by atoms with Crippen LogP contribution in [0, 0.1) is 5.92 Å². The Morgan fingerprint density at radius 1 is 0.357 bits per heavy atom. The van der Waals surface area contributed by atoms with Crippen molar-refractivity contribution in [3.63, 3.8) is 0 Å². The Hall–Kier alpha value is -1.59. The Morgan fingerprint density at radius 2 is 0.625 bits per heavy atom. The van der Waals surface area contributed by atoms with Gasteiger partial charge in [-0.1, -0.05) is 240 Å². The van der Waals surface area contributed by atoms with Crippen molar-refractivity contribution in [2.24, 2.45) is 5.92 Å². The lowest BCUT2D eigenvalue weighted by atomic mass is 9.99. The summed E-state index contributed by atoms with van der Waals surface area (Å²) in [6.45, 7) is 8.98. The highest BCUT2D eigenvalue weighted by molar-refractivity contribution is 5.71. The molecule has 1 unspecified atom stereocenters. The van der Waals surface area contributed by atoms with Crippen molar-refractivity contribution in [3.05, 3.63) is 0 Å². The number of carbonyl (C=O) groups is 3. The van der Waals surface area contributed by atoms with Crippen LogP contribution in [0.2, 0.25) is 0 Å². The van der Waals surface area contributed by atoms with E-state index in [0.717, 1.165) is 70.1 Å². The first-order valence-corrected chi connectivity index (χ1v) is 24.9. The van der Waals surface area contributed by atoms with Crippen LogP contribution < -0.4 is 0 Å². The van der Waals surface area contributed by atoms with Crippen LogP contribution in [0.1, 0.15) is 278 Å². The first kappa shape index (κ1) is 54.4. The molecule has 0 aliphatic carbocycles. The van der Waals surface area contributed by atoms with E-state index in [-0.39, 0.29) is 31.1 Å². The van der Waals surface area contributed by atoms with Gasteiger partial charge in [0.2, 0.25) is 0 Å². The van der Waals surface area contributed by atoms with Crippen molar-refractivity contribution >= 4 is 17.9 Å². The molecular weight excluding hydrogens is 697 g/mol. The van der Waals surface area contributed by atoms with Gasteiger partial charge in [-0.05, 0) is 25.2 Å². The van der Waals surface area contributed by atoms with Gasteiger partial charge < -0.3 is 14.2 Å². The van der Waals surface area contributed by atoms with Crippen LogP contribution in [0.5, 0.6) is 0 Å². The first-order valence-electron chi connectivity index (χ1n) is 24.9. The number of unbranched alkanes of at least 4 members (excludes halogenated alkanes) is 31. The monoisotopic (exact) mass is 793 g/mol. The average molecular weight is 793 g/mol. The van der Waals surface area contributed by atoms with E-state index in [1.165, 1.54) is 167 Å². The molecule has 0 N–H and O–H groups in total. The summed E-state index contributed by atoms with van der Waals surface area (Å²) in [6.07, 6.45) is 45.4. The summed E-state index contributed by atoms with van der Waals surface area (Å²) in [4.78, 5) is 37.6. The number of hydrogen-bond donors (Lipinski definition) is 0. The van der Waals surface area contributed by atoms with Crippen LogP contribution in [0.4, 0.5) is 0 Å². The Morgan fingerprint density at radius 3 is 0.929 bits per heavy atom. The number of ether oxygens (including phenoxy) is 3. The lowest BCUT2D eigenvalue weighted by molar-refractivity contribution is -0.167. The topological polar surface area (TPSA) is 78.9 Å². The number of esters is 3. The summed E-state index contributed by atoms with van der Waals surface area (Å²) in [7, 11) is 0. The standard InChI is InChI=1S/C50H96O6/c1-5-8-10-12-13-14-15-16-17-22-25-28-31-35-39-43-50(53)56-47(44-54-48(51)41-37-32-11-9-6-2)45-55-49(52)42-38-34-30-27-24-21-19-18-20-23-26-29-33-36-40-46(4)7-3/h46-47H,5-45H2,1-4H3/t46?,47-/m0/s1.